The zero-order valence-corrected chi connectivity index (χ0v) is 13.8. The molecule has 0 saturated carbocycles. The van der Waals surface area contributed by atoms with Crippen LogP contribution in [0.25, 0.3) is 0 Å². The highest BCUT2D eigenvalue weighted by Crippen LogP contribution is 2.41. The Morgan fingerprint density at radius 1 is 1.32 bits per heavy atom. The number of hydrogen-bond acceptors (Lipinski definition) is 6. The second kappa shape index (κ2) is 5.75. The van der Waals surface area contributed by atoms with E-state index in [1.165, 1.54) is 6.26 Å². The quantitative estimate of drug-likeness (QED) is 0.801. The number of hydrogen-bond donors (Lipinski definition) is 0. The van der Waals surface area contributed by atoms with Crippen molar-refractivity contribution in [3.63, 3.8) is 0 Å². The van der Waals surface area contributed by atoms with E-state index in [4.69, 9.17) is 4.74 Å². The van der Waals surface area contributed by atoms with E-state index in [2.05, 4.69) is 14.9 Å². The van der Waals surface area contributed by atoms with E-state index in [-0.39, 0.29) is 5.41 Å². The summed E-state index contributed by atoms with van der Waals surface area (Å²) in [5.74, 6) is 0.740. The number of methoxy groups -OCH3 is 1. The van der Waals surface area contributed by atoms with Gasteiger partial charge in [-0.3, -0.25) is 0 Å². The van der Waals surface area contributed by atoms with Crippen LogP contribution in [0.1, 0.15) is 18.5 Å². The molecule has 0 unspecified atom stereocenters. The molecular formula is C14H22N4O3S. The SMILES string of the molecule is COCc1ccnc(N2CCC3(CC2)CN(S(C)(=O)=O)C3)n1. The van der Waals surface area contributed by atoms with Gasteiger partial charge in [0.2, 0.25) is 16.0 Å². The molecule has 0 amide bonds. The molecule has 8 heteroatoms. The third kappa shape index (κ3) is 3.09. The fraction of sp³-hybridized carbons (Fsp3) is 0.714. The predicted molar refractivity (Wildman–Crippen MR) is 83.0 cm³/mol. The zero-order chi connectivity index (χ0) is 15.8. The topological polar surface area (TPSA) is 75.6 Å². The Balaban J connectivity index is 1.60. The van der Waals surface area contributed by atoms with E-state index in [9.17, 15) is 8.42 Å². The van der Waals surface area contributed by atoms with Crippen LogP contribution in [-0.2, 0) is 21.4 Å². The van der Waals surface area contributed by atoms with Crippen LogP contribution in [0.2, 0.25) is 0 Å². The Labute approximate surface area is 131 Å². The van der Waals surface area contributed by atoms with Gasteiger partial charge in [-0.2, -0.15) is 0 Å². The molecule has 0 bridgehead atoms. The van der Waals surface area contributed by atoms with Gasteiger partial charge in [0.05, 0.1) is 18.6 Å². The van der Waals surface area contributed by atoms with Crippen molar-refractivity contribution in [1.82, 2.24) is 14.3 Å². The standard InChI is InChI=1S/C14H22N4O3S/c1-21-9-12-3-6-15-13(16-12)17-7-4-14(5-8-17)10-18(11-14)22(2,19)20/h3,6H,4-5,7-11H2,1-2H3. The summed E-state index contributed by atoms with van der Waals surface area (Å²) < 4.78 is 29.7. The van der Waals surface area contributed by atoms with E-state index in [1.807, 2.05) is 6.07 Å². The summed E-state index contributed by atoms with van der Waals surface area (Å²) in [6.45, 7) is 3.53. The van der Waals surface area contributed by atoms with Crippen molar-refractivity contribution < 1.29 is 13.2 Å². The number of ether oxygens (including phenoxy) is 1. The van der Waals surface area contributed by atoms with Gasteiger partial charge in [-0.15, -0.1) is 0 Å². The lowest BCUT2D eigenvalue weighted by atomic mass is 9.73. The summed E-state index contributed by atoms with van der Waals surface area (Å²) >= 11 is 0. The smallest absolute Gasteiger partial charge is 0.225 e. The molecule has 1 aromatic heterocycles. The van der Waals surface area contributed by atoms with Crippen LogP contribution in [0.15, 0.2) is 12.3 Å². The number of anilines is 1. The maximum Gasteiger partial charge on any atom is 0.225 e. The Bertz CT molecular complexity index is 633. The highest BCUT2D eigenvalue weighted by atomic mass is 32.2. The minimum absolute atomic E-state index is 0.156. The molecule has 7 nitrogen and oxygen atoms in total. The highest BCUT2D eigenvalue weighted by Gasteiger charge is 2.48. The van der Waals surface area contributed by atoms with Crippen molar-refractivity contribution in [3.8, 4) is 0 Å². The van der Waals surface area contributed by atoms with E-state index in [1.54, 1.807) is 17.6 Å². The van der Waals surface area contributed by atoms with Gasteiger partial charge in [0.1, 0.15) is 0 Å². The Hall–Kier alpha value is -1.25. The molecule has 2 aliphatic heterocycles. The lowest BCUT2D eigenvalue weighted by molar-refractivity contribution is 0.0439. The predicted octanol–water partition coefficient (Wildman–Crippen LogP) is 0.485. The summed E-state index contributed by atoms with van der Waals surface area (Å²) in [4.78, 5) is 11.0. The molecule has 2 aliphatic rings. The largest absolute Gasteiger partial charge is 0.378 e. The lowest BCUT2D eigenvalue weighted by Gasteiger charge is -2.52. The molecule has 122 valence electrons. The molecule has 1 aromatic rings. The number of piperidine rings is 1. The molecule has 3 rings (SSSR count). The highest BCUT2D eigenvalue weighted by molar-refractivity contribution is 7.88. The van der Waals surface area contributed by atoms with Gasteiger partial charge < -0.3 is 9.64 Å². The van der Waals surface area contributed by atoms with Gasteiger partial charge in [-0.05, 0) is 18.9 Å². The molecule has 1 spiro atoms. The number of sulfonamides is 1. The third-order valence-electron chi connectivity index (χ3n) is 4.59. The Kier molecular flexibility index (Phi) is 4.09. The van der Waals surface area contributed by atoms with Gasteiger partial charge in [-0.25, -0.2) is 22.7 Å². The van der Waals surface area contributed by atoms with Crippen molar-refractivity contribution in [2.45, 2.75) is 19.4 Å². The average Bonchev–Trinajstić information content (AvgIpc) is 2.44. The van der Waals surface area contributed by atoms with Crippen molar-refractivity contribution in [2.24, 2.45) is 5.41 Å². The first-order chi connectivity index (χ1) is 10.4. The van der Waals surface area contributed by atoms with Gasteiger partial charge in [0.25, 0.3) is 0 Å². The monoisotopic (exact) mass is 326 g/mol. The minimum atomic E-state index is -3.04. The van der Waals surface area contributed by atoms with Crippen LogP contribution < -0.4 is 4.90 Å². The number of nitrogens with zero attached hydrogens (tertiary/aromatic N) is 4. The molecule has 0 radical (unpaired) electrons. The fourth-order valence-corrected chi connectivity index (χ4v) is 4.22. The Morgan fingerprint density at radius 2 is 2.00 bits per heavy atom. The average molecular weight is 326 g/mol. The van der Waals surface area contributed by atoms with E-state index >= 15 is 0 Å². The minimum Gasteiger partial charge on any atom is -0.378 e. The first-order valence-corrected chi connectivity index (χ1v) is 9.28. The third-order valence-corrected chi connectivity index (χ3v) is 5.79. The van der Waals surface area contributed by atoms with Crippen molar-refractivity contribution in [3.05, 3.63) is 18.0 Å². The van der Waals surface area contributed by atoms with E-state index in [0.29, 0.717) is 19.7 Å². The maximum atomic E-state index is 11.5. The summed E-state index contributed by atoms with van der Waals surface area (Å²) in [5, 5.41) is 0. The molecule has 2 saturated heterocycles. The lowest BCUT2D eigenvalue weighted by Crippen LogP contribution is -2.61. The first-order valence-electron chi connectivity index (χ1n) is 7.43. The van der Waals surface area contributed by atoms with Crippen LogP contribution in [-0.4, -0.2) is 62.2 Å². The molecule has 0 aliphatic carbocycles. The summed E-state index contributed by atoms with van der Waals surface area (Å²) in [6.07, 6.45) is 5.01. The van der Waals surface area contributed by atoms with E-state index < -0.39 is 10.0 Å². The number of aromatic nitrogens is 2. The normalized spacial score (nSPS) is 21.8. The molecule has 0 N–H and O–H groups in total. The van der Waals surface area contributed by atoms with Crippen LogP contribution in [0, 0.1) is 5.41 Å². The van der Waals surface area contributed by atoms with Gasteiger partial charge in [0, 0.05) is 44.9 Å². The summed E-state index contributed by atoms with van der Waals surface area (Å²) in [6, 6.07) is 1.86. The van der Waals surface area contributed by atoms with Crippen molar-refractivity contribution in [1.29, 1.82) is 0 Å². The summed E-state index contributed by atoms with van der Waals surface area (Å²) in [5.41, 5.74) is 1.03. The van der Waals surface area contributed by atoms with Gasteiger partial charge in [-0.1, -0.05) is 0 Å². The van der Waals surface area contributed by atoms with Crippen LogP contribution >= 0.6 is 0 Å². The molecule has 22 heavy (non-hydrogen) atoms. The summed E-state index contributed by atoms with van der Waals surface area (Å²) in [7, 11) is -1.39. The first kappa shape index (κ1) is 15.6. The van der Waals surface area contributed by atoms with Gasteiger partial charge >= 0.3 is 0 Å². The van der Waals surface area contributed by atoms with Gasteiger partial charge in [0.15, 0.2) is 0 Å². The Morgan fingerprint density at radius 3 is 2.59 bits per heavy atom. The number of rotatable bonds is 4. The van der Waals surface area contributed by atoms with Crippen molar-refractivity contribution >= 4 is 16.0 Å². The molecule has 3 heterocycles. The molecule has 2 fully saturated rings. The van der Waals surface area contributed by atoms with Crippen molar-refractivity contribution in [2.75, 3.05) is 44.4 Å². The van der Waals surface area contributed by atoms with Crippen LogP contribution in [0.3, 0.4) is 0 Å². The van der Waals surface area contributed by atoms with E-state index in [0.717, 1.165) is 37.6 Å². The molecule has 0 atom stereocenters. The second-order valence-electron chi connectivity index (χ2n) is 6.30. The zero-order valence-electron chi connectivity index (χ0n) is 13.0. The fourth-order valence-electron chi connectivity index (χ4n) is 3.20. The van der Waals surface area contributed by atoms with Crippen LogP contribution in [0.5, 0.6) is 0 Å². The molecular weight excluding hydrogens is 304 g/mol. The van der Waals surface area contributed by atoms with Crippen LogP contribution in [0.4, 0.5) is 5.95 Å². The maximum absolute atomic E-state index is 11.5. The second-order valence-corrected chi connectivity index (χ2v) is 8.28. The molecule has 0 aromatic carbocycles.